The highest BCUT2D eigenvalue weighted by Crippen LogP contribution is 2.29. The van der Waals surface area contributed by atoms with Gasteiger partial charge in [0.05, 0.1) is 17.8 Å². The number of nitrogens with zero attached hydrogens (tertiary/aromatic N) is 2. The summed E-state index contributed by atoms with van der Waals surface area (Å²) in [4.78, 5) is 30.3. The van der Waals surface area contributed by atoms with Crippen LogP contribution in [0.15, 0.2) is 59.4 Å². The van der Waals surface area contributed by atoms with Gasteiger partial charge in [-0.05, 0) is 72.7 Å². The summed E-state index contributed by atoms with van der Waals surface area (Å²) in [7, 11) is 0. The maximum absolute atomic E-state index is 13.4. The second kappa shape index (κ2) is 11.8. The van der Waals surface area contributed by atoms with Crippen LogP contribution in [0.25, 0.3) is 11.3 Å². The fourth-order valence-electron chi connectivity index (χ4n) is 3.52. The molecule has 0 unspecified atom stereocenters. The lowest BCUT2D eigenvalue weighted by molar-refractivity contribution is 0.0694. The molecule has 0 radical (unpaired) electrons. The number of halogens is 4. The van der Waals surface area contributed by atoms with Crippen LogP contribution >= 0.6 is 34.2 Å². The Kier molecular flexibility index (Phi) is 9.23. The zero-order valence-electron chi connectivity index (χ0n) is 19.9. The van der Waals surface area contributed by atoms with E-state index in [0.29, 0.717) is 33.2 Å². The van der Waals surface area contributed by atoms with Gasteiger partial charge in [0.2, 0.25) is 0 Å². The minimum Gasteiger partial charge on any atom is -0.389 e. The van der Waals surface area contributed by atoms with Crippen molar-refractivity contribution < 1.29 is 18.7 Å². The van der Waals surface area contributed by atoms with E-state index in [1.807, 2.05) is 0 Å². The van der Waals surface area contributed by atoms with Crippen LogP contribution in [0.1, 0.15) is 48.4 Å². The monoisotopic (exact) mass is 629 g/mol. The van der Waals surface area contributed by atoms with Crippen molar-refractivity contribution in [2.75, 3.05) is 6.54 Å². The molecule has 0 atom stereocenters. The van der Waals surface area contributed by atoms with Crippen LogP contribution in [0, 0.1) is 0 Å². The van der Waals surface area contributed by atoms with Gasteiger partial charge < -0.3 is 10.4 Å². The molecule has 0 spiro atoms. The Morgan fingerprint density at radius 2 is 1.86 bits per heavy atom. The second-order valence-corrected chi connectivity index (χ2v) is 11.2. The van der Waals surface area contributed by atoms with Crippen molar-refractivity contribution in [3.8, 4) is 11.3 Å². The Bertz CT molecular complexity index is 1270. The molecule has 0 saturated carbocycles. The smallest absolute Gasteiger partial charge is 0.296 e. The van der Waals surface area contributed by atoms with Crippen LogP contribution in [0.3, 0.4) is 0 Å². The molecule has 2 aromatic carbocycles. The third kappa shape index (κ3) is 8.63. The van der Waals surface area contributed by atoms with Gasteiger partial charge in [0.1, 0.15) is 5.82 Å². The van der Waals surface area contributed by atoms with E-state index < -0.39 is 9.53 Å². The van der Waals surface area contributed by atoms with Gasteiger partial charge in [-0.25, -0.2) is 4.98 Å². The van der Waals surface area contributed by atoms with E-state index in [4.69, 9.17) is 11.6 Å². The number of rotatable bonds is 10. The normalized spacial score (nSPS) is 12.0. The summed E-state index contributed by atoms with van der Waals surface area (Å²) >= 11 is 7.07. The van der Waals surface area contributed by atoms with E-state index in [1.165, 1.54) is 10.6 Å². The zero-order chi connectivity index (χ0) is 26.5. The van der Waals surface area contributed by atoms with Crippen LogP contribution < -0.4 is 10.9 Å². The lowest BCUT2D eigenvalue weighted by Crippen LogP contribution is -2.38. The van der Waals surface area contributed by atoms with E-state index in [0.717, 1.165) is 22.6 Å². The predicted octanol–water partition coefficient (Wildman–Crippen LogP) is 5.46. The Morgan fingerprint density at radius 1 is 1.17 bits per heavy atom. The summed E-state index contributed by atoms with van der Waals surface area (Å²) in [6, 6.07) is 15.0. The SMILES string of the molecule is CC(C)(O)CNC(=O)c1cccc(Cn2c(CCCC(F)(F)I)nc(-c3ccc(Cl)cc3)cc2=O)c1. The number of carbonyl (C=O) groups is 1. The Balaban J connectivity index is 1.91. The summed E-state index contributed by atoms with van der Waals surface area (Å²) in [6.07, 6.45) is -0.0155. The van der Waals surface area contributed by atoms with Gasteiger partial charge in [0.15, 0.2) is 0 Å². The molecule has 0 bridgehead atoms. The number of hydrogen-bond donors (Lipinski definition) is 2. The first-order valence-corrected chi connectivity index (χ1v) is 12.8. The fourth-order valence-corrected chi connectivity index (χ4v) is 4.03. The molecule has 0 aliphatic rings. The number of amides is 1. The summed E-state index contributed by atoms with van der Waals surface area (Å²) < 4.78 is 25.4. The largest absolute Gasteiger partial charge is 0.389 e. The quantitative estimate of drug-likeness (QED) is 0.230. The van der Waals surface area contributed by atoms with E-state index >= 15 is 0 Å². The number of alkyl halides is 3. The highest BCUT2D eigenvalue weighted by atomic mass is 127. The summed E-state index contributed by atoms with van der Waals surface area (Å²) in [5.41, 5.74) is 0.791. The van der Waals surface area contributed by atoms with Crippen molar-refractivity contribution in [1.82, 2.24) is 14.9 Å². The number of hydrogen-bond acceptors (Lipinski definition) is 4. The first-order chi connectivity index (χ1) is 16.8. The molecule has 10 heteroatoms. The van der Waals surface area contributed by atoms with E-state index in [1.54, 1.807) is 62.4 Å². The van der Waals surface area contributed by atoms with Crippen LogP contribution in [-0.2, 0) is 13.0 Å². The standard InChI is InChI=1S/C26H27ClF2IN3O3/c1-25(2,36)16-31-24(35)19-6-3-5-17(13-19)15-33-22(7-4-12-26(28,29)30)32-21(14-23(33)34)18-8-10-20(27)11-9-18/h3,5-6,8-11,13-14,36H,4,7,12,15-16H2,1-2H3,(H,31,35). The summed E-state index contributed by atoms with van der Waals surface area (Å²) in [5, 5.41) is 13.1. The van der Waals surface area contributed by atoms with E-state index in [-0.39, 0.29) is 43.8 Å². The molecule has 36 heavy (non-hydrogen) atoms. The minimum atomic E-state index is -2.85. The second-order valence-electron chi connectivity index (χ2n) is 9.15. The predicted molar refractivity (Wildman–Crippen MR) is 145 cm³/mol. The lowest BCUT2D eigenvalue weighted by Gasteiger charge is -2.18. The lowest BCUT2D eigenvalue weighted by atomic mass is 10.1. The highest BCUT2D eigenvalue weighted by molar-refractivity contribution is 14.1. The van der Waals surface area contributed by atoms with Crippen LogP contribution in [0.4, 0.5) is 8.78 Å². The van der Waals surface area contributed by atoms with Crippen LogP contribution in [-0.4, -0.2) is 36.6 Å². The average molecular weight is 630 g/mol. The van der Waals surface area contributed by atoms with Gasteiger partial charge >= 0.3 is 0 Å². The average Bonchev–Trinajstić information content (AvgIpc) is 2.79. The fraction of sp³-hybridized carbons (Fsp3) is 0.346. The molecule has 1 amide bonds. The van der Waals surface area contributed by atoms with E-state index in [2.05, 4.69) is 10.3 Å². The molecule has 6 nitrogen and oxygen atoms in total. The first kappa shape index (κ1) is 28.2. The van der Waals surface area contributed by atoms with Gasteiger partial charge in [0.25, 0.3) is 15.4 Å². The van der Waals surface area contributed by atoms with Crippen molar-refractivity contribution in [2.24, 2.45) is 0 Å². The molecular formula is C26H27ClF2IN3O3. The van der Waals surface area contributed by atoms with Gasteiger partial charge in [-0.2, -0.15) is 8.78 Å². The van der Waals surface area contributed by atoms with E-state index in [9.17, 15) is 23.5 Å². The maximum Gasteiger partial charge on any atom is 0.296 e. The maximum atomic E-state index is 13.4. The van der Waals surface area contributed by atoms with Gasteiger partial charge in [-0.15, -0.1) is 0 Å². The number of carbonyl (C=O) groups excluding carboxylic acids is 1. The van der Waals surface area contributed by atoms with Gasteiger partial charge in [0, 0.05) is 41.6 Å². The Morgan fingerprint density at radius 3 is 2.50 bits per heavy atom. The van der Waals surface area contributed by atoms with Crippen molar-refractivity contribution in [3.63, 3.8) is 0 Å². The third-order valence-corrected chi connectivity index (χ3v) is 6.09. The molecule has 0 aliphatic heterocycles. The number of benzene rings is 2. The molecule has 0 saturated heterocycles. The topological polar surface area (TPSA) is 84.2 Å². The van der Waals surface area contributed by atoms with Gasteiger partial charge in [-0.1, -0.05) is 35.9 Å². The van der Waals surface area contributed by atoms with Gasteiger partial charge in [-0.3, -0.25) is 14.2 Å². The minimum absolute atomic E-state index is 0.0805. The zero-order valence-corrected chi connectivity index (χ0v) is 22.8. The Labute approximate surface area is 226 Å². The van der Waals surface area contributed by atoms with Crippen molar-refractivity contribution in [1.29, 1.82) is 0 Å². The molecule has 1 aromatic heterocycles. The van der Waals surface area contributed by atoms with Crippen LogP contribution in [0.2, 0.25) is 5.02 Å². The van der Waals surface area contributed by atoms with Crippen molar-refractivity contribution in [3.05, 3.63) is 86.9 Å². The molecule has 3 aromatic rings. The third-order valence-electron chi connectivity index (χ3n) is 5.30. The summed E-state index contributed by atoms with van der Waals surface area (Å²) in [6.45, 7) is 3.38. The number of aromatic nitrogens is 2. The Hall–Kier alpha value is -2.37. The first-order valence-electron chi connectivity index (χ1n) is 11.3. The highest BCUT2D eigenvalue weighted by Gasteiger charge is 2.23. The molecular weight excluding hydrogens is 603 g/mol. The van der Waals surface area contributed by atoms with Crippen molar-refractivity contribution in [2.45, 2.75) is 49.2 Å². The van der Waals surface area contributed by atoms with Crippen molar-refractivity contribution >= 4 is 40.1 Å². The molecule has 192 valence electrons. The number of aryl methyl sites for hydroxylation is 1. The summed E-state index contributed by atoms with van der Waals surface area (Å²) in [5.74, 6) is 0.0250. The molecule has 3 rings (SSSR count). The molecule has 2 N–H and O–H groups in total. The number of aliphatic hydroxyl groups is 1. The number of nitrogens with one attached hydrogen (secondary N) is 1. The van der Waals surface area contributed by atoms with Crippen LogP contribution in [0.5, 0.6) is 0 Å². The molecule has 1 heterocycles. The molecule has 0 fully saturated rings. The molecule has 0 aliphatic carbocycles.